The third kappa shape index (κ3) is 4.32. The van der Waals surface area contributed by atoms with Crippen molar-refractivity contribution in [2.24, 2.45) is 0 Å². The second-order valence-corrected chi connectivity index (χ2v) is 7.85. The van der Waals surface area contributed by atoms with E-state index in [-0.39, 0.29) is 30.1 Å². The van der Waals surface area contributed by atoms with Crippen LogP contribution in [0.3, 0.4) is 0 Å². The van der Waals surface area contributed by atoms with Crippen LogP contribution in [0.25, 0.3) is 16.8 Å². The van der Waals surface area contributed by atoms with Crippen molar-refractivity contribution >= 4 is 45.7 Å². The van der Waals surface area contributed by atoms with Crippen molar-refractivity contribution in [2.45, 2.75) is 0 Å². The van der Waals surface area contributed by atoms with Crippen LogP contribution < -0.4 is 10.1 Å². The second kappa shape index (κ2) is 9.06. The summed E-state index contributed by atoms with van der Waals surface area (Å²) in [6.45, 7) is 0.270. The lowest BCUT2D eigenvalue weighted by atomic mass is 10.0. The highest BCUT2D eigenvalue weighted by atomic mass is 32.2. The molecular formula is C24H20N2O4S. The first-order valence-electron chi connectivity index (χ1n) is 9.73. The first-order valence-corrected chi connectivity index (χ1v) is 10.5. The summed E-state index contributed by atoms with van der Waals surface area (Å²) < 4.78 is 5.37. The van der Waals surface area contributed by atoms with E-state index < -0.39 is 0 Å². The summed E-state index contributed by atoms with van der Waals surface area (Å²) in [5.74, 6) is 0.0730. The van der Waals surface area contributed by atoms with Crippen LogP contribution in [0.1, 0.15) is 15.9 Å². The molecule has 1 saturated heterocycles. The predicted molar refractivity (Wildman–Crippen MR) is 122 cm³/mol. The van der Waals surface area contributed by atoms with Gasteiger partial charge in [-0.2, -0.15) is 0 Å². The molecule has 0 aromatic heterocycles. The van der Waals surface area contributed by atoms with Gasteiger partial charge in [-0.15, -0.1) is 0 Å². The summed E-state index contributed by atoms with van der Waals surface area (Å²) >= 11 is 0.910. The van der Waals surface area contributed by atoms with Crippen molar-refractivity contribution in [1.29, 1.82) is 0 Å². The van der Waals surface area contributed by atoms with E-state index in [1.807, 2.05) is 54.6 Å². The number of fused-ring (bicyclic) bond motifs is 1. The molecule has 156 valence electrons. The molecule has 0 saturated carbocycles. The fourth-order valence-electron chi connectivity index (χ4n) is 3.42. The van der Waals surface area contributed by atoms with Crippen LogP contribution in [-0.2, 0) is 4.79 Å². The zero-order chi connectivity index (χ0) is 21.8. The molecule has 1 aliphatic heterocycles. The Hall–Kier alpha value is -3.58. The van der Waals surface area contributed by atoms with Gasteiger partial charge in [0.15, 0.2) is 0 Å². The van der Waals surface area contributed by atoms with Crippen molar-refractivity contribution in [3.05, 3.63) is 82.8 Å². The summed E-state index contributed by atoms with van der Waals surface area (Å²) in [6, 6.07) is 20.3. The topological polar surface area (TPSA) is 75.7 Å². The van der Waals surface area contributed by atoms with E-state index in [1.54, 1.807) is 25.3 Å². The Bertz CT molecular complexity index is 1190. The Morgan fingerprint density at radius 2 is 1.71 bits per heavy atom. The van der Waals surface area contributed by atoms with Crippen LogP contribution >= 0.6 is 11.8 Å². The average Bonchev–Trinajstić information content (AvgIpc) is 3.06. The van der Waals surface area contributed by atoms with E-state index in [2.05, 4.69) is 5.32 Å². The van der Waals surface area contributed by atoms with Crippen molar-refractivity contribution < 1.29 is 19.1 Å². The zero-order valence-electron chi connectivity index (χ0n) is 16.8. The third-order valence-corrected chi connectivity index (χ3v) is 5.85. The molecule has 1 fully saturated rings. The smallest absolute Gasteiger partial charge is 0.293 e. The van der Waals surface area contributed by atoms with E-state index in [1.165, 1.54) is 0 Å². The highest BCUT2D eigenvalue weighted by molar-refractivity contribution is 8.18. The number of methoxy groups -OCH3 is 1. The van der Waals surface area contributed by atoms with Gasteiger partial charge in [-0.05, 0) is 40.9 Å². The summed E-state index contributed by atoms with van der Waals surface area (Å²) in [5.41, 5.74) is 1.36. The summed E-state index contributed by atoms with van der Waals surface area (Å²) in [6.07, 6.45) is 1.70. The van der Waals surface area contributed by atoms with Gasteiger partial charge in [0, 0.05) is 24.0 Å². The molecule has 4 rings (SSSR count). The molecule has 0 bridgehead atoms. The largest absolute Gasteiger partial charge is 0.496 e. The minimum absolute atomic E-state index is 0.108. The molecule has 0 aliphatic carbocycles. The van der Waals surface area contributed by atoms with Gasteiger partial charge in [0.05, 0.1) is 12.0 Å². The zero-order valence-corrected chi connectivity index (χ0v) is 17.6. The van der Waals surface area contributed by atoms with Gasteiger partial charge in [-0.1, -0.05) is 54.6 Å². The molecule has 1 heterocycles. The second-order valence-electron chi connectivity index (χ2n) is 6.86. The van der Waals surface area contributed by atoms with E-state index in [9.17, 15) is 14.4 Å². The van der Waals surface area contributed by atoms with Crippen LogP contribution in [0, 0.1) is 0 Å². The lowest BCUT2D eigenvalue weighted by molar-refractivity contribution is -0.122. The van der Waals surface area contributed by atoms with Gasteiger partial charge >= 0.3 is 0 Å². The Balaban J connectivity index is 1.42. The summed E-state index contributed by atoms with van der Waals surface area (Å²) in [5, 5.41) is 4.09. The Morgan fingerprint density at radius 3 is 2.45 bits per heavy atom. The number of hydrogen-bond acceptors (Lipinski definition) is 5. The molecule has 6 nitrogen and oxygen atoms in total. The van der Waals surface area contributed by atoms with Crippen LogP contribution in [0.5, 0.6) is 5.75 Å². The van der Waals surface area contributed by atoms with Gasteiger partial charge in [-0.3, -0.25) is 19.3 Å². The van der Waals surface area contributed by atoms with Crippen molar-refractivity contribution in [3.8, 4) is 5.75 Å². The number of carbonyl (C=O) groups excluding carboxylic acids is 3. The first kappa shape index (κ1) is 20.7. The van der Waals surface area contributed by atoms with E-state index in [4.69, 9.17) is 4.74 Å². The Labute approximate surface area is 183 Å². The lowest BCUT2D eigenvalue weighted by Crippen LogP contribution is -2.37. The number of carbonyl (C=O) groups is 3. The number of ether oxygens (including phenoxy) is 1. The molecule has 0 spiro atoms. The highest BCUT2D eigenvalue weighted by Crippen LogP contribution is 2.32. The monoisotopic (exact) mass is 432 g/mol. The first-order chi connectivity index (χ1) is 15.1. The minimum Gasteiger partial charge on any atom is -0.496 e. The molecule has 0 unspecified atom stereocenters. The maximum atomic E-state index is 12.7. The SMILES string of the molecule is COc1ccc(C(=O)NCCN2C(=O)S/C(=C\c3ccccc3)C2=O)c2ccccc12. The summed E-state index contributed by atoms with van der Waals surface area (Å²) in [7, 11) is 1.59. The number of thioether (sulfide) groups is 1. The fraction of sp³-hybridized carbons (Fsp3) is 0.125. The number of amides is 3. The predicted octanol–water partition coefficient (Wildman–Crippen LogP) is 4.31. The molecule has 1 aliphatic rings. The molecule has 1 N–H and O–H groups in total. The van der Waals surface area contributed by atoms with Crippen molar-refractivity contribution in [3.63, 3.8) is 0 Å². The third-order valence-electron chi connectivity index (χ3n) is 4.94. The number of imide groups is 1. The number of nitrogens with zero attached hydrogens (tertiary/aromatic N) is 1. The van der Waals surface area contributed by atoms with Gasteiger partial charge in [-0.25, -0.2) is 0 Å². The number of hydrogen-bond donors (Lipinski definition) is 1. The van der Waals surface area contributed by atoms with E-state index in [0.717, 1.165) is 33.0 Å². The van der Waals surface area contributed by atoms with Gasteiger partial charge in [0.25, 0.3) is 17.1 Å². The molecule has 0 radical (unpaired) electrons. The van der Waals surface area contributed by atoms with Crippen LogP contribution in [0.15, 0.2) is 71.6 Å². The standard InChI is InChI=1S/C24H20N2O4S/c1-30-20-12-11-19(17-9-5-6-10-18(17)20)22(27)25-13-14-26-23(28)21(31-24(26)29)15-16-7-3-2-4-8-16/h2-12,15H,13-14H2,1H3,(H,25,27)/b21-15-. The van der Waals surface area contributed by atoms with E-state index in [0.29, 0.717) is 16.2 Å². The van der Waals surface area contributed by atoms with Crippen molar-refractivity contribution in [1.82, 2.24) is 10.2 Å². The molecule has 0 atom stereocenters. The van der Waals surface area contributed by atoms with Crippen LogP contribution in [-0.4, -0.2) is 42.2 Å². The van der Waals surface area contributed by atoms with Gasteiger partial charge in [0.2, 0.25) is 0 Å². The normalized spacial score (nSPS) is 15.0. The lowest BCUT2D eigenvalue weighted by Gasteiger charge is -2.14. The van der Waals surface area contributed by atoms with Gasteiger partial charge in [0.1, 0.15) is 5.75 Å². The molecule has 3 aromatic rings. The van der Waals surface area contributed by atoms with Gasteiger partial charge < -0.3 is 10.1 Å². The number of benzene rings is 3. The van der Waals surface area contributed by atoms with Crippen LogP contribution in [0.2, 0.25) is 0 Å². The highest BCUT2D eigenvalue weighted by Gasteiger charge is 2.34. The van der Waals surface area contributed by atoms with E-state index >= 15 is 0 Å². The average molecular weight is 433 g/mol. The van der Waals surface area contributed by atoms with Crippen LogP contribution in [0.4, 0.5) is 4.79 Å². The molecular weight excluding hydrogens is 412 g/mol. The molecule has 7 heteroatoms. The van der Waals surface area contributed by atoms with Crippen molar-refractivity contribution in [2.75, 3.05) is 20.2 Å². The Kier molecular flexibility index (Phi) is 6.04. The number of rotatable bonds is 6. The maximum Gasteiger partial charge on any atom is 0.293 e. The maximum absolute atomic E-state index is 12.7. The quantitative estimate of drug-likeness (QED) is 0.588. The fourth-order valence-corrected chi connectivity index (χ4v) is 4.28. The molecule has 3 amide bonds. The minimum atomic E-state index is -0.344. The number of nitrogens with one attached hydrogen (secondary N) is 1. The Morgan fingerprint density at radius 1 is 1.00 bits per heavy atom. The molecule has 31 heavy (non-hydrogen) atoms. The summed E-state index contributed by atoms with van der Waals surface area (Å²) in [4.78, 5) is 39.2. The molecule has 3 aromatic carbocycles.